The topological polar surface area (TPSA) is 72.2 Å². The third-order valence-electron chi connectivity index (χ3n) is 4.37. The molecule has 0 aliphatic heterocycles. The van der Waals surface area contributed by atoms with Crippen LogP contribution in [0.2, 0.25) is 0 Å². The van der Waals surface area contributed by atoms with Crippen molar-refractivity contribution in [2.24, 2.45) is 5.73 Å². The molecule has 1 atom stereocenters. The van der Waals surface area contributed by atoms with Gasteiger partial charge in [-0.25, -0.2) is 0 Å². The van der Waals surface area contributed by atoms with Gasteiger partial charge in [0, 0.05) is 20.4 Å². The highest BCUT2D eigenvalue weighted by molar-refractivity contribution is 9.11. The molecule has 0 aromatic heterocycles. The smallest absolute Gasteiger partial charge is 0.252 e. The standard InChI is InChI=1S/C22H18Br2N2O2/c23-17-11-16(12-18(24)13-17)22(28)26-20(21(25)27)19(14-7-3-1-4-8-14)15-9-5-2-6-10-15/h1-13,19-20H,(H2,25,27)(H,26,28)/t20-/m1/s1. The molecule has 4 nitrogen and oxygen atoms in total. The van der Waals surface area contributed by atoms with Crippen LogP contribution in [-0.4, -0.2) is 17.9 Å². The molecule has 28 heavy (non-hydrogen) atoms. The van der Waals surface area contributed by atoms with Crippen molar-refractivity contribution in [1.29, 1.82) is 0 Å². The molecule has 2 amide bonds. The van der Waals surface area contributed by atoms with Gasteiger partial charge in [-0.05, 0) is 29.3 Å². The van der Waals surface area contributed by atoms with Gasteiger partial charge in [-0.3, -0.25) is 9.59 Å². The second-order valence-electron chi connectivity index (χ2n) is 6.31. The van der Waals surface area contributed by atoms with Crippen LogP contribution in [0.1, 0.15) is 27.4 Å². The Kier molecular flexibility index (Phi) is 6.65. The number of hydrogen-bond acceptors (Lipinski definition) is 2. The molecule has 0 radical (unpaired) electrons. The molecule has 3 aromatic rings. The number of benzene rings is 3. The number of carbonyl (C=O) groups excluding carboxylic acids is 2. The molecule has 0 saturated carbocycles. The molecule has 0 aliphatic carbocycles. The van der Waals surface area contributed by atoms with Gasteiger partial charge in [-0.2, -0.15) is 0 Å². The number of primary amides is 1. The summed E-state index contributed by atoms with van der Waals surface area (Å²) in [6, 6.07) is 23.4. The van der Waals surface area contributed by atoms with Crippen molar-refractivity contribution in [3.05, 3.63) is 104 Å². The Morgan fingerprint density at radius 3 is 1.68 bits per heavy atom. The Balaban J connectivity index is 2.00. The fraction of sp³-hybridized carbons (Fsp3) is 0.0909. The summed E-state index contributed by atoms with van der Waals surface area (Å²) in [5.41, 5.74) is 7.94. The number of rotatable bonds is 6. The van der Waals surface area contributed by atoms with Gasteiger partial charge in [-0.1, -0.05) is 92.5 Å². The third kappa shape index (κ3) is 4.88. The van der Waals surface area contributed by atoms with Gasteiger partial charge in [0.05, 0.1) is 0 Å². The first-order valence-electron chi connectivity index (χ1n) is 8.62. The van der Waals surface area contributed by atoms with E-state index < -0.39 is 17.9 Å². The summed E-state index contributed by atoms with van der Waals surface area (Å²) in [7, 11) is 0. The van der Waals surface area contributed by atoms with E-state index in [9.17, 15) is 9.59 Å². The lowest BCUT2D eigenvalue weighted by atomic mass is 9.84. The molecule has 0 aliphatic rings. The molecule has 0 saturated heterocycles. The summed E-state index contributed by atoms with van der Waals surface area (Å²) in [5.74, 6) is -1.37. The number of halogens is 2. The largest absolute Gasteiger partial charge is 0.368 e. The van der Waals surface area contributed by atoms with Crippen molar-refractivity contribution in [3.8, 4) is 0 Å². The van der Waals surface area contributed by atoms with Gasteiger partial charge in [-0.15, -0.1) is 0 Å². The lowest BCUT2D eigenvalue weighted by Crippen LogP contribution is -2.48. The zero-order valence-corrected chi connectivity index (χ0v) is 18.0. The first kappa shape index (κ1) is 20.3. The van der Waals surface area contributed by atoms with Crippen molar-refractivity contribution in [3.63, 3.8) is 0 Å². The summed E-state index contributed by atoms with van der Waals surface area (Å²) in [5, 5.41) is 2.83. The van der Waals surface area contributed by atoms with Crippen LogP contribution in [-0.2, 0) is 4.79 Å². The maximum absolute atomic E-state index is 12.9. The monoisotopic (exact) mass is 500 g/mol. The average Bonchev–Trinajstić information content (AvgIpc) is 2.68. The van der Waals surface area contributed by atoms with Crippen LogP contribution in [0.5, 0.6) is 0 Å². The minimum Gasteiger partial charge on any atom is -0.368 e. The van der Waals surface area contributed by atoms with Crippen LogP contribution < -0.4 is 11.1 Å². The molecular formula is C22H18Br2N2O2. The zero-order valence-electron chi connectivity index (χ0n) is 14.8. The molecule has 3 N–H and O–H groups in total. The number of hydrogen-bond donors (Lipinski definition) is 2. The fourth-order valence-electron chi connectivity index (χ4n) is 3.13. The fourth-order valence-corrected chi connectivity index (χ4v) is 4.42. The lowest BCUT2D eigenvalue weighted by molar-refractivity contribution is -0.120. The maximum Gasteiger partial charge on any atom is 0.252 e. The van der Waals surface area contributed by atoms with Crippen molar-refractivity contribution >= 4 is 43.7 Å². The van der Waals surface area contributed by atoms with Crippen LogP contribution >= 0.6 is 31.9 Å². The lowest BCUT2D eigenvalue weighted by Gasteiger charge is -2.27. The Morgan fingerprint density at radius 1 is 0.786 bits per heavy atom. The Bertz CT molecular complexity index is 919. The second kappa shape index (κ2) is 9.17. The van der Waals surface area contributed by atoms with Gasteiger partial charge in [0.25, 0.3) is 5.91 Å². The van der Waals surface area contributed by atoms with E-state index in [1.165, 1.54) is 0 Å². The highest BCUT2D eigenvalue weighted by Crippen LogP contribution is 2.28. The Morgan fingerprint density at radius 2 is 1.25 bits per heavy atom. The predicted octanol–water partition coefficient (Wildman–Crippen LogP) is 4.63. The molecule has 3 rings (SSSR count). The van der Waals surface area contributed by atoms with Crippen LogP contribution in [0, 0.1) is 0 Å². The summed E-state index contributed by atoms with van der Waals surface area (Å²) in [6.45, 7) is 0. The van der Waals surface area contributed by atoms with Gasteiger partial charge >= 0.3 is 0 Å². The van der Waals surface area contributed by atoms with E-state index >= 15 is 0 Å². The second-order valence-corrected chi connectivity index (χ2v) is 8.14. The van der Waals surface area contributed by atoms with Crippen molar-refractivity contribution in [2.75, 3.05) is 0 Å². The molecule has 6 heteroatoms. The third-order valence-corrected chi connectivity index (χ3v) is 5.28. The number of amides is 2. The van der Waals surface area contributed by atoms with E-state index in [2.05, 4.69) is 37.2 Å². The first-order chi connectivity index (χ1) is 13.5. The Labute approximate surface area is 180 Å². The molecule has 0 unspecified atom stereocenters. The summed E-state index contributed by atoms with van der Waals surface area (Å²) in [4.78, 5) is 25.2. The normalized spacial score (nSPS) is 11.8. The summed E-state index contributed by atoms with van der Waals surface area (Å²) >= 11 is 6.75. The van der Waals surface area contributed by atoms with Crippen LogP contribution in [0.15, 0.2) is 87.8 Å². The average molecular weight is 502 g/mol. The van der Waals surface area contributed by atoms with Crippen molar-refractivity contribution in [1.82, 2.24) is 5.32 Å². The molecule has 0 spiro atoms. The van der Waals surface area contributed by atoms with E-state index in [1.54, 1.807) is 12.1 Å². The molecule has 0 bridgehead atoms. The molecule has 0 fully saturated rings. The summed E-state index contributed by atoms with van der Waals surface area (Å²) < 4.78 is 1.51. The van der Waals surface area contributed by atoms with Crippen molar-refractivity contribution < 1.29 is 9.59 Å². The van der Waals surface area contributed by atoms with Crippen LogP contribution in [0.25, 0.3) is 0 Å². The molecule has 142 valence electrons. The van der Waals surface area contributed by atoms with Gasteiger partial charge in [0.1, 0.15) is 6.04 Å². The minimum atomic E-state index is -0.907. The van der Waals surface area contributed by atoms with E-state index in [1.807, 2.05) is 66.7 Å². The minimum absolute atomic E-state index is 0.373. The quantitative estimate of drug-likeness (QED) is 0.517. The van der Waals surface area contributed by atoms with Crippen LogP contribution in [0.4, 0.5) is 0 Å². The number of carbonyl (C=O) groups is 2. The number of nitrogens with one attached hydrogen (secondary N) is 1. The summed E-state index contributed by atoms with van der Waals surface area (Å²) in [6.07, 6.45) is 0. The van der Waals surface area contributed by atoms with E-state index in [-0.39, 0.29) is 5.91 Å². The Hall–Kier alpha value is -2.44. The van der Waals surface area contributed by atoms with E-state index in [0.717, 1.165) is 20.1 Å². The van der Waals surface area contributed by atoms with Gasteiger partial charge in [0.15, 0.2) is 0 Å². The van der Waals surface area contributed by atoms with Crippen molar-refractivity contribution in [2.45, 2.75) is 12.0 Å². The molecular weight excluding hydrogens is 484 g/mol. The number of nitrogens with two attached hydrogens (primary N) is 1. The highest BCUT2D eigenvalue weighted by Gasteiger charge is 2.31. The SMILES string of the molecule is NC(=O)[C@H](NC(=O)c1cc(Br)cc(Br)c1)C(c1ccccc1)c1ccccc1. The van der Waals surface area contributed by atoms with Crippen LogP contribution in [0.3, 0.4) is 0 Å². The van der Waals surface area contributed by atoms with Gasteiger partial charge < -0.3 is 11.1 Å². The van der Waals surface area contributed by atoms with Gasteiger partial charge in [0.2, 0.25) is 5.91 Å². The highest BCUT2D eigenvalue weighted by atomic mass is 79.9. The molecule has 3 aromatic carbocycles. The van der Waals surface area contributed by atoms with E-state index in [4.69, 9.17) is 5.73 Å². The molecule has 0 heterocycles. The first-order valence-corrected chi connectivity index (χ1v) is 10.2. The maximum atomic E-state index is 12.9. The zero-order chi connectivity index (χ0) is 20.1. The van der Waals surface area contributed by atoms with E-state index in [0.29, 0.717) is 5.56 Å². The predicted molar refractivity (Wildman–Crippen MR) is 117 cm³/mol.